The van der Waals surface area contributed by atoms with Crippen LogP contribution < -0.4 is 5.32 Å². The lowest BCUT2D eigenvalue weighted by Gasteiger charge is -2.23. The van der Waals surface area contributed by atoms with Crippen LogP contribution in [0.3, 0.4) is 0 Å². The third kappa shape index (κ3) is 1.55. The lowest BCUT2D eigenvalue weighted by Crippen LogP contribution is -2.33. The number of rotatable bonds is 1. The number of aromatic nitrogens is 1. The molecule has 0 saturated heterocycles. The Morgan fingerprint density at radius 2 is 2.43 bits per heavy atom. The first-order chi connectivity index (χ1) is 6.66. The third-order valence-corrected chi connectivity index (χ3v) is 2.43. The van der Waals surface area contributed by atoms with Gasteiger partial charge in [0.25, 0.3) is 0 Å². The van der Waals surface area contributed by atoms with E-state index in [1.165, 1.54) is 0 Å². The summed E-state index contributed by atoms with van der Waals surface area (Å²) in [6.45, 7) is 1.90. The number of carboxylic acids is 1. The van der Waals surface area contributed by atoms with Crippen molar-refractivity contribution in [2.45, 2.75) is 25.8 Å². The zero-order chi connectivity index (χ0) is 10.1. The zero-order valence-corrected chi connectivity index (χ0v) is 7.95. The molecule has 1 aliphatic heterocycles. The molecule has 1 aromatic rings. The van der Waals surface area contributed by atoms with Gasteiger partial charge in [0.1, 0.15) is 11.9 Å². The average molecular weight is 192 g/mol. The number of anilines is 1. The molecule has 2 N–H and O–H groups in total. The molecular formula is C10H12N2O2. The van der Waals surface area contributed by atoms with Crippen molar-refractivity contribution in [3.05, 3.63) is 23.4 Å². The van der Waals surface area contributed by atoms with Crippen LogP contribution in [0.15, 0.2) is 12.1 Å². The minimum absolute atomic E-state index is 0.489. The number of fused-ring (bicyclic) bond motifs is 1. The molecule has 0 amide bonds. The number of hydrogen-bond acceptors (Lipinski definition) is 3. The molecule has 1 aliphatic rings. The van der Waals surface area contributed by atoms with Crippen LogP contribution in [-0.4, -0.2) is 22.1 Å². The van der Waals surface area contributed by atoms with Crippen molar-refractivity contribution in [2.75, 3.05) is 5.32 Å². The van der Waals surface area contributed by atoms with E-state index in [0.29, 0.717) is 6.42 Å². The van der Waals surface area contributed by atoms with Gasteiger partial charge < -0.3 is 10.4 Å². The van der Waals surface area contributed by atoms with Gasteiger partial charge in [-0.05, 0) is 31.4 Å². The summed E-state index contributed by atoms with van der Waals surface area (Å²) in [7, 11) is 0. The van der Waals surface area contributed by atoms with Crippen LogP contribution in [0.2, 0.25) is 0 Å². The highest BCUT2D eigenvalue weighted by molar-refractivity contribution is 5.78. The van der Waals surface area contributed by atoms with Crippen LogP contribution in [0.25, 0.3) is 0 Å². The highest BCUT2D eigenvalue weighted by Gasteiger charge is 2.23. The van der Waals surface area contributed by atoms with Crippen molar-refractivity contribution in [3.63, 3.8) is 0 Å². The minimum Gasteiger partial charge on any atom is -0.480 e. The first-order valence-corrected chi connectivity index (χ1v) is 4.62. The van der Waals surface area contributed by atoms with E-state index in [2.05, 4.69) is 10.3 Å². The summed E-state index contributed by atoms with van der Waals surface area (Å²) in [6.07, 6.45) is 1.42. The predicted molar refractivity (Wildman–Crippen MR) is 52.3 cm³/mol. The summed E-state index contributed by atoms with van der Waals surface area (Å²) in [5.74, 6) is -0.0809. The van der Waals surface area contributed by atoms with Crippen LogP contribution in [-0.2, 0) is 11.2 Å². The number of nitrogens with one attached hydrogen (secondary N) is 1. The Bertz CT molecular complexity index is 376. The fourth-order valence-electron chi connectivity index (χ4n) is 1.63. The Labute approximate surface area is 82.0 Å². The highest BCUT2D eigenvalue weighted by atomic mass is 16.4. The van der Waals surface area contributed by atoms with Gasteiger partial charge in [0.2, 0.25) is 0 Å². The van der Waals surface area contributed by atoms with Crippen molar-refractivity contribution in [1.82, 2.24) is 4.98 Å². The summed E-state index contributed by atoms with van der Waals surface area (Å²) in [5.41, 5.74) is 2.01. The van der Waals surface area contributed by atoms with E-state index in [0.717, 1.165) is 23.5 Å². The van der Waals surface area contributed by atoms with Crippen LogP contribution in [0.5, 0.6) is 0 Å². The molecule has 0 bridgehead atoms. The van der Waals surface area contributed by atoms with Gasteiger partial charge in [0.05, 0.1) is 0 Å². The number of hydrogen-bond donors (Lipinski definition) is 2. The van der Waals surface area contributed by atoms with Gasteiger partial charge in [-0.3, -0.25) is 0 Å². The first kappa shape index (κ1) is 8.99. The van der Waals surface area contributed by atoms with Gasteiger partial charge in [-0.2, -0.15) is 0 Å². The highest BCUT2D eigenvalue weighted by Crippen LogP contribution is 2.22. The lowest BCUT2D eigenvalue weighted by molar-refractivity contribution is -0.138. The van der Waals surface area contributed by atoms with E-state index in [4.69, 9.17) is 5.11 Å². The molecule has 4 heteroatoms. The Hall–Kier alpha value is -1.58. The number of aliphatic carboxylic acids is 1. The number of nitrogens with zero attached hydrogens (tertiary/aromatic N) is 1. The van der Waals surface area contributed by atoms with E-state index >= 15 is 0 Å². The van der Waals surface area contributed by atoms with Crippen LogP contribution in [0.4, 0.5) is 5.82 Å². The largest absolute Gasteiger partial charge is 0.480 e. The predicted octanol–water partition coefficient (Wildman–Crippen LogP) is 1.20. The van der Waals surface area contributed by atoms with E-state index in [1.807, 2.05) is 19.1 Å². The maximum absolute atomic E-state index is 10.8. The van der Waals surface area contributed by atoms with Gasteiger partial charge in [0.15, 0.2) is 0 Å². The number of pyridine rings is 1. The van der Waals surface area contributed by atoms with Gasteiger partial charge in [-0.1, -0.05) is 6.07 Å². The second kappa shape index (κ2) is 3.29. The zero-order valence-electron chi connectivity index (χ0n) is 7.95. The Balaban J connectivity index is 2.29. The molecule has 0 saturated carbocycles. The fraction of sp³-hybridized carbons (Fsp3) is 0.400. The Kier molecular flexibility index (Phi) is 2.11. The van der Waals surface area contributed by atoms with E-state index in [-0.39, 0.29) is 0 Å². The Morgan fingerprint density at radius 1 is 1.64 bits per heavy atom. The molecule has 2 rings (SSSR count). The molecule has 0 radical (unpaired) electrons. The number of carboxylic acid groups (broad SMARTS) is 1. The first-order valence-electron chi connectivity index (χ1n) is 4.62. The van der Waals surface area contributed by atoms with Crippen LogP contribution in [0, 0.1) is 6.92 Å². The number of aryl methyl sites for hydroxylation is 2. The molecular weight excluding hydrogens is 180 g/mol. The van der Waals surface area contributed by atoms with E-state index in [9.17, 15) is 4.79 Å². The van der Waals surface area contributed by atoms with Gasteiger partial charge in [0, 0.05) is 5.69 Å². The Morgan fingerprint density at radius 3 is 3.14 bits per heavy atom. The summed E-state index contributed by atoms with van der Waals surface area (Å²) < 4.78 is 0. The summed E-state index contributed by atoms with van der Waals surface area (Å²) >= 11 is 0. The fourth-order valence-corrected chi connectivity index (χ4v) is 1.63. The summed E-state index contributed by atoms with van der Waals surface area (Å²) in [6, 6.07) is 3.46. The molecule has 0 spiro atoms. The second-order valence-electron chi connectivity index (χ2n) is 3.53. The molecule has 4 nitrogen and oxygen atoms in total. The molecule has 0 aromatic carbocycles. The summed E-state index contributed by atoms with van der Waals surface area (Å²) in [5, 5.41) is 11.8. The molecule has 0 fully saturated rings. The SMILES string of the molecule is Cc1ccc2c(n1)NC(C(=O)O)CC2. The van der Waals surface area contributed by atoms with E-state index in [1.54, 1.807) is 0 Å². The van der Waals surface area contributed by atoms with E-state index < -0.39 is 12.0 Å². The molecule has 0 aliphatic carbocycles. The molecule has 1 aromatic heterocycles. The van der Waals surface area contributed by atoms with Crippen LogP contribution >= 0.6 is 0 Å². The normalized spacial score (nSPS) is 19.6. The smallest absolute Gasteiger partial charge is 0.326 e. The van der Waals surface area contributed by atoms with Gasteiger partial charge in [-0.15, -0.1) is 0 Å². The maximum atomic E-state index is 10.8. The van der Waals surface area contributed by atoms with Gasteiger partial charge >= 0.3 is 5.97 Å². The van der Waals surface area contributed by atoms with Gasteiger partial charge in [-0.25, -0.2) is 9.78 Å². The molecule has 14 heavy (non-hydrogen) atoms. The standard InChI is InChI=1S/C10H12N2O2/c1-6-2-3-7-4-5-8(10(13)14)12-9(7)11-6/h2-3,8H,4-5H2,1H3,(H,11,12)(H,13,14). The molecule has 2 heterocycles. The van der Waals surface area contributed by atoms with Crippen molar-refractivity contribution in [1.29, 1.82) is 0 Å². The van der Waals surface area contributed by atoms with Crippen molar-refractivity contribution >= 4 is 11.8 Å². The second-order valence-corrected chi connectivity index (χ2v) is 3.53. The van der Waals surface area contributed by atoms with Crippen molar-refractivity contribution in [2.24, 2.45) is 0 Å². The number of carbonyl (C=O) groups is 1. The topological polar surface area (TPSA) is 62.2 Å². The minimum atomic E-state index is -0.807. The van der Waals surface area contributed by atoms with Crippen molar-refractivity contribution in [3.8, 4) is 0 Å². The monoisotopic (exact) mass is 192 g/mol. The molecule has 1 unspecified atom stereocenters. The maximum Gasteiger partial charge on any atom is 0.326 e. The summed E-state index contributed by atoms with van der Waals surface area (Å²) in [4.78, 5) is 15.0. The third-order valence-electron chi connectivity index (χ3n) is 2.43. The average Bonchev–Trinajstić information content (AvgIpc) is 2.16. The van der Waals surface area contributed by atoms with Crippen LogP contribution in [0.1, 0.15) is 17.7 Å². The molecule has 74 valence electrons. The lowest BCUT2D eigenvalue weighted by atomic mass is 10.0. The van der Waals surface area contributed by atoms with Crippen molar-refractivity contribution < 1.29 is 9.90 Å². The quantitative estimate of drug-likeness (QED) is 0.701. The molecule has 1 atom stereocenters.